The van der Waals surface area contributed by atoms with Gasteiger partial charge in [0.2, 0.25) is 0 Å². The number of aromatic hydroxyl groups is 1. The number of benzene rings is 3. The van der Waals surface area contributed by atoms with Crippen molar-refractivity contribution in [1.82, 2.24) is 0 Å². The molecule has 1 aliphatic heterocycles. The monoisotopic (exact) mass is 441 g/mol. The number of ketones is 1. The summed E-state index contributed by atoms with van der Waals surface area (Å²) in [6, 6.07) is 18.1. The molecule has 0 radical (unpaired) electrons. The number of nitrogens with zero attached hydrogens (tertiary/aromatic N) is 1. The van der Waals surface area contributed by atoms with Gasteiger partial charge in [0, 0.05) is 60.3 Å². The largest absolute Gasteiger partial charge is 0.508 e. The number of anilines is 1. The number of hydrogen-bond acceptors (Lipinski definition) is 4. The van der Waals surface area contributed by atoms with Gasteiger partial charge in [-0.1, -0.05) is 50.2 Å². The van der Waals surface area contributed by atoms with Crippen LogP contribution in [0.5, 0.6) is 11.5 Å². The van der Waals surface area contributed by atoms with Crippen molar-refractivity contribution in [3.8, 4) is 11.5 Å². The molecule has 1 unspecified atom stereocenters. The fourth-order valence-corrected chi connectivity index (χ4v) is 5.50. The standard InChI is InChI=1S/C29H31NO3/c1-5-30(6-2)19-12-13-21(22(31)15-19)27-26-20-10-8-7-9-18(20)11-14-24(26)33-25-17-29(3,4)16-23(32)28(25)27/h7-15,27,31H,5-6,16-17H2,1-4H3. The highest BCUT2D eigenvalue weighted by Gasteiger charge is 2.43. The Morgan fingerprint density at radius 3 is 2.52 bits per heavy atom. The Morgan fingerprint density at radius 2 is 1.79 bits per heavy atom. The second-order valence-corrected chi connectivity index (χ2v) is 9.93. The highest BCUT2D eigenvalue weighted by molar-refractivity contribution is 6.02. The average molecular weight is 442 g/mol. The fraction of sp³-hybridized carbons (Fsp3) is 0.345. The third-order valence-corrected chi connectivity index (χ3v) is 7.07. The smallest absolute Gasteiger partial charge is 0.163 e. The maximum absolute atomic E-state index is 13.5. The highest BCUT2D eigenvalue weighted by atomic mass is 16.5. The van der Waals surface area contributed by atoms with E-state index in [0.717, 1.165) is 52.2 Å². The van der Waals surface area contributed by atoms with Gasteiger partial charge in [0.1, 0.15) is 17.3 Å². The number of carbonyl (C=O) groups is 1. The molecule has 0 spiro atoms. The predicted molar refractivity (Wildman–Crippen MR) is 133 cm³/mol. The Hall–Kier alpha value is -3.27. The molecule has 0 saturated heterocycles. The van der Waals surface area contributed by atoms with Crippen molar-refractivity contribution in [1.29, 1.82) is 0 Å². The third-order valence-electron chi connectivity index (χ3n) is 7.07. The molecule has 2 aliphatic rings. The maximum atomic E-state index is 13.5. The number of rotatable bonds is 4. The summed E-state index contributed by atoms with van der Waals surface area (Å²) in [5.74, 6) is 1.49. The van der Waals surface area contributed by atoms with E-state index in [1.807, 2.05) is 30.3 Å². The Balaban J connectivity index is 1.76. The van der Waals surface area contributed by atoms with Crippen LogP contribution in [0, 0.1) is 5.41 Å². The molecule has 0 aromatic heterocycles. The summed E-state index contributed by atoms with van der Waals surface area (Å²) in [6.45, 7) is 10.2. The van der Waals surface area contributed by atoms with Gasteiger partial charge in [-0.05, 0) is 42.2 Å². The number of allylic oxidation sites excluding steroid dienone is 2. The second-order valence-electron chi connectivity index (χ2n) is 9.93. The Bertz CT molecular complexity index is 1280. The quantitative estimate of drug-likeness (QED) is 0.498. The van der Waals surface area contributed by atoms with Crippen molar-refractivity contribution in [2.45, 2.75) is 46.5 Å². The molecule has 1 heterocycles. The molecule has 33 heavy (non-hydrogen) atoms. The molecule has 0 saturated carbocycles. The zero-order chi connectivity index (χ0) is 23.3. The van der Waals surface area contributed by atoms with Crippen molar-refractivity contribution in [3.05, 3.63) is 77.1 Å². The minimum atomic E-state index is -0.357. The molecule has 0 amide bonds. The lowest BCUT2D eigenvalue weighted by Gasteiger charge is -2.39. The van der Waals surface area contributed by atoms with Crippen LogP contribution in [0.25, 0.3) is 10.8 Å². The first-order chi connectivity index (χ1) is 15.8. The van der Waals surface area contributed by atoms with Crippen LogP contribution in [0.2, 0.25) is 0 Å². The summed E-state index contributed by atoms with van der Waals surface area (Å²) in [4.78, 5) is 15.7. The van der Waals surface area contributed by atoms with Crippen LogP contribution in [0.4, 0.5) is 5.69 Å². The fourth-order valence-electron chi connectivity index (χ4n) is 5.50. The van der Waals surface area contributed by atoms with Crippen LogP contribution in [-0.4, -0.2) is 24.0 Å². The molecule has 3 aromatic rings. The summed E-state index contributed by atoms with van der Waals surface area (Å²) >= 11 is 0. The number of ether oxygens (including phenoxy) is 1. The Labute approximate surface area is 195 Å². The van der Waals surface area contributed by atoms with E-state index in [-0.39, 0.29) is 22.9 Å². The molecule has 5 rings (SSSR count). The van der Waals surface area contributed by atoms with E-state index in [1.165, 1.54) is 0 Å². The number of Topliss-reactive ketones (excluding diaryl/α,β-unsaturated/α-hetero) is 1. The van der Waals surface area contributed by atoms with Crippen LogP contribution in [0.1, 0.15) is 57.6 Å². The lowest BCUT2D eigenvalue weighted by Crippen LogP contribution is -2.33. The molecule has 3 aromatic carbocycles. The number of fused-ring (bicyclic) bond motifs is 3. The van der Waals surface area contributed by atoms with Crippen LogP contribution in [0.15, 0.2) is 65.9 Å². The summed E-state index contributed by atoms with van der Waals surface area (Å²) in [5, 5.41) is 13.4. The first kappa shape index (κ1) is 21.6. The molecule has 0 fully saturated rings. The van der Waals surface area contributed by atoms with Crippen molar-refractivity contribution >= 4 is 22.2 Å². The normalized spacial score (nSPS) is 19.2. The number of phenols is 1. The van der Waals surface area contributed by atoms with Crippen LogP contribution in [-0.2, 0) is 4.79 Å². The van der Waals surface area contributed by atoms with E-state index in [0.29, 0.717) is 18.4 Å². The van der Waals surface area contributed by atoms with Gasteiger partial charge in [-0.15, -0.1) is 0 Å². The van der Waals surface area contributed by atoms with Crippen molar-refractivity contribution in [2.24, 2.45) is 5.41 Å². The van der Waals surface area contributed by atoms with Crippen LogP contribution < -0.4 is 9.64 Å². The van der Waals surface area contributed by atoms with E-state index in [9.17, 15) is 9.90 Å². The number of hydrogen-bond donors (Lipinski definition) is 1. The molecule has 170 valence electrons. The molecule has 4 heteroatoms. The molecule has 0 bridgehead atoms. The van der Waals surface area contributed by atoms with Gasteiger partial charge in [0.25, 0.3) is 0 Å². The van der Waals surface area contributed by atoms with Crippen molar-refractivity contribution in [3.63, 3.8) is 0 Å². The lowest BCUT2D eigenvalue weighted by atomic mass is 9.69. The minimum absolute atomic E-state index is 0.108. The molecular formula is C29H31NO3. The molecule has 1 aliphatic carbocycles. The topological polar surface area (TPSA) is 49.8 Å². The summed E-state index contributed by atoms with van der Waals surface area (Å²) < 4.78 is 6.41. The number of phenolic OH excluding ortho intramolecular Hbond substituents is 1. The van der Waals surface area contributed by atoms with Gasteiger partial charge in [0.15, 0.2) is 5.78 Å². The van der Waals surface area contributed by atoms with Crippen LogP contribution in [0.3, 0.4) is 0 Å². The molecule has 4 nitrogen and oxygen atoms in total. The van der Waals surface area contributed by atoms with E-state index in [1.54, 1.807) is 0 Å². The van der Waals surface area contributed by atoms with Gasteiger partial charge < -0.3 is 14.7 Å². The summed E-state index contributed by atoms with van der Waals surface area (Å²) in [6.07, 6.45) is 1.18. The first-order valence-electron chi connectivity index (χ1n) is 11.9. The lowest BCUT2D eigenvalue weighted by molar-refractivity contribution is -0.118. The summed E-state index contributed by atoms with van der Waals surface area (Å²) in [5.41, 5.74) is 3.25. The Morgan fingerprint density at radius 1 is 1.03 bits per heavy atom. The van der Waals surface area contributed by atoms with E-state index >= 15 is 0 Å². The van der Waals surface area contributed by atoms with Crippen LogP contribution >= 0.6 is 0 Å². The van der Waals surface area contributed by atoms with Gasteiger partial charge in [-0.2, -0.15) is 0 Å². The zero-order valence-corrected chi connectivity index (χ0v) is 19.8. The maximum Gasteiger partial charge on any atom is 0.163 e. The van der Waals surface area contributed by atoms with Gasteiger partial charge in [0.05, 0.1) is 0 Å². The van der Waals surface area contributed by atoms with Gasteiger partial charge >= 0.3 is 0 Å². The summed E-state index contributed by atoms with van der Waals surface area (Å²) in [7, 11) is 0. The SMILES string of the molecule is CCN(CC)c1ccc(C2C3=C(CC(C)(C)CC3=O)Oc3ccc4ccccc4c32)c(O)c1. The molecular weight excluding hydrogens is 410 g/mol. The van der Waals surface area contributed by atoms with E-state index in [2.05, 4.69) is 56.9 Å². The Kier molecular flexibility index (Phi) is 5.19. The highest BCUT2D eigenvalue weighted by Crippen LogP contribution is 2.53. The average Bonchev–Trinajstić information content (AvgIpc) is 2.78. The van der Waals surface area contributed by atoms with Crippen molar-refractivity contribution < 1.29 is 14.6 Å². The number of carbonyl (C=O) groups excluding carboxylic acids is 1. The van der Waals surface area contributed by atoms with Gasteiger partial charge in [-0.25, -0.2) is 0 Å². The van der Waals surface area contributed by atoms with Crippen molar-refractivity contribution in [2.75, 3.05) is 18.0 Å². The molecule has 1 N–H and O–H groups in total. The minimum Gasteiger partial charge on any atom is -0.508 e. The molecule has 1 atom stereocenters. The van der Waals surface area contributed by atoms with E-state index < -0.39 is 0 Å². The first-order valence-corrected chi connectivity index (χ1v) is 11.9. The predicted octanol–water partition coefficient (Wildman–Crippen LogP) is 6.56. The van der Waals surface area contributed by atoms with Gasteiger partial charge in [-0.3, -0.25) is 4.79 Å². The van der Waals surface area contributed by atoms with E-state index in [4.69, 9.17) is 4.74 Å². The second kappa shape index (κ2) is 7.95. The zero-order valence-electron chi connectivity index (χ0n) is 19.8. The third kappa shape index (κ3) is 3.58.